The lowest BCUT2D eigenvalue weighted by atomic mass is 10.2. The third-order valence-electron chi connectivity index (χ3n) is 2.89. The van der Waals surface area contributed by atoms with Crippen LogP contribution in [0.3, 0.4) is 0 Å². The van der Waals surface area contributed by atoms with E-state index in [1.165, 1.54) is 51.6 Å². The highest BCUT2D eigenvalue weighted by Crippen LogP contribution is 2.06. The Morgan fingerprint density at radius 2 is 1.79 bits per heavy atom. The van der Waals surface area contributed by atoms with Crippen molar-refractivity contribution < 1.29 is 4.74 Å². The highest BCUT2D eigenvalue weighted by atomic mass is 16.5. The lowest BCUT2D eigenvalue weighted by Gasteiger charge is -2.14. The molecule has 2 heteroatoms. The third kappa shape index (κ3) is 5.61. The molecule has 1 fully saturated rings. The second kappa shape index (κ2) is 8.25. The lowest BCUT2D eigenvalue weighted by molar-refractivity contribution is 0.108. The van der Waals surface area contributed by atoms with E-state index in [4.69, 9.17) is 4.74 Å². The molecule has 14 heavy (non-hydrogen) atoms. The Morgan fingerprint density at radius 1 is 1.00 bits per heavy atom. The summed E-state index contributed by atoms with van der Waals surface area (Å²) in [6.07, 6.45) is 8.02. The molecule has 0 saturated carbocycles. The average molecular weight is 199 g/mol. The van der Waals surface area contributed by atoms with Gasteiger partial charge in [0.25, 0.3) is 0 Å². The fraction of sp³-hybridized carbons (Fsp3) is 1.00. The molecule has 1 heterocycles. The summed E-state index contributed by atoms with van der Waals surface area (Å²) in [6, 6.07) is 0. The third-order valence-corrected chi connectivity index (χ3v) is 2.89. The molecule has 0 aromatic rings. The van der Waals surface area contributed by atoms with E-state index in [0.29, 0.717) is 0 Å². The Labute approximate surface area is 88.6 Å². The first-order chi connectivity index (χ1) is 6.93. The van der Waals surface area contributed by atoms with Crippen molar-refractivity contribution in [3.8, 4) is 0 Å². The minimum atomic E-state index is 0.937. The molecule has 0 radical (unpaired) electrons. The zero-order valence-corrected chi connectivity index (χ0v) is 9.63. The maximum Gasteiger partial charge on any atom is 0.0593 e. The monoisotopic (exact) mass is 199 g/mol. The molecule has 0 N–H and O–H groups in total. The standard InChI is InChI=1S/C12H25NO/c1-2-3-4-7-11-14-12-10-13-8-5-6-9-13/h2-12H2,1H3. The highest BCUT2D eigenvalue weighted by Gasteiger charge is 2.09. The first-order valence-electron chi connectivity index (χ1n) is 6.23. The molecule has 0 spiro atoms. The van der Waals surface area contributed by atoms with Crippen LogP contribution in [0.2, 0.25) is 0 Å². The van der Waals surface area contributed by atoms with Crippen molar-refractivity contribution in [3.05, 3.63) is 0 Å². The quantitative estimate of drug-likeness (QED) is 0.557. The van der Waals surface area contributed by atoms with E-state index < -0.39 is 0 Å². The van der Waals surface area contributed by atoms with Crippen LogP contribution in [0.4, 0.5) is 0 Å². The van der Waals surface area contributed by atoms with Gasteiger partial charge in [-0.3, -0.25) is 0 Å². The summed E-state index contributed by atoms with van der Waals surface area (Å²) in [6.45, 7) is 7.88. The van der Waals surface area contributed by atoms with E-state index in [-0.39, 0.29) is 0 Å². The van der Waals surface area contributed by atoms with Gasteiger partial charge in [0.2, 0.25) is 0 Å². The molecule has 1 rings (SSSR count). The Balaban J connectivity index is 1.75. The zero-order valence-electron chi connectivity index (χ0n) is 9.63. The first kappa shape index (κ1) is 12.0. The van der Waals surface area contributed by atoms with Crippen LogP contribution in [0, 0.1) is 0 Å². The normalized spacial score (nSPS) is 17.8. The second-order valence-electron chi connectivity index (χ2n) is 4.22. The molecular weight excluding hydrogens is 174 g/mol. The van der Waals surface area contributed by atoms with Gasteiger partial charge in [0.1, 0.15) is 0 Å². The van der Waals surface area contributed by atoms with Gasteiger partial charge in [-0.1, -0.05) is 26.2 Å². The van der Waals surface area contributed by atoms with E-state index in [1.54, 1.807) is 0 Å². The van der Waals surface area contributed by atoms with E-state index in [2.05, 4.69) is 11.8 Å². The predicted octanol–water partition coefficient (Wildman–Crippen LogP) is 2.68. The molecule has 2 nitrogen and oxygen atoms in total. The zero-order chi connectivity index (χ0) is 10.1. The average Bonchev–Trinajstić information content (AvgIpc) is 2.69. The van der Waals surface area contributed by atoms with E-state index in [1.807, 2.05) is 0 Å². The maximum atomic E-state index is 5.60. The Morgan fingerprint density at radius 3 is 2.50 bits per heavy atom. The molecular formula is C12H25NO. The number of likely N-dealkylation sites (tertiary alicyclic amines) is 1. The maximum absolute atomic E-state index is 5.60. The van der Waals surface area contributed by atoms with Crippen LogP contribution < -0.4 is 0 Å². The molecule has 84 valence electrons. The van der Waals surface area contributed by atoms with Crippen LogP contribution in [0.1, 0.15) is 45.4 Å². The largest absolute Gasteiger partial charge is 0.380 e. The van der Waals surface area contributed by atoms with Gasteiger partial charge in [-0.15, -0.1) is 0 Å². The molecule has 0 aromatic heterocycles. The number of ether oxygens (including phenoxy) is 1. The Hall–Kier alpha value is -0.0800. The van der Waals surface area contributed by atoms with Crippen molar-refractivity contribution in [2.45, 2.75) is 45.4 Å². The van der Waals surface area contributed by atoms with Gasteiger partial charge >= 0.3 is 0 Å². The lowest BCUT2D eigenvalue weighted by Crippen LogP contribution is -2.24. The number of hydrogen-bond acceptors (Lipinski definition) is 2. The SMILES string of the molecule is CCCCCCOCCN1CCCC1. The topological polar surface area (TPSA) is 12.5 Å². The van der Waals surface area contributed by atoms with Gasteiger partial charge in [-0.05, 0) is 32.4 Å². The van der Waals surface area contributed by atoms with Crippen LogP contribution in [0.5, 0.6) is 0 Å². The summed E-state index contributed by atoms with van der Waals surface area (Å²) >= 11 is 0. The number of rotatable bonds is 8. The smallest absolute Gasteiger partial charge is 0.0593 e. The summed E-state index contributed by atoms with van der Waals surface area (Å²) in [4.78, 5) is 2.51. The number of nitrogens with zero attached hydrogens (tertiary/aromatic N) is 1. The summed E-state index contributed by atoms with van der Waals surface area (Å²) in [5.41, 5.74) is 0. The molecule has 1 aliphatic heterocycles. The highest BCUT2D eigenvalue weighted by molar-refractivity contribution is 4.64. The van der Waals surface area contributed by atoms with Crippen molar-refractivity contribution in [1.29, 1.82) is 0 Å². The molecule has 0 atom stereocenters. The summed E-state index contributed by atoms with van der Waals surface area (Å²) < 4.78 is 5.60. The minimum Gasteiger partial charge on any atom is -0.380 e. The van der Waals surface area contributed by atoms with Gasteiger partial charge in [-0.2, -0.15) is 0 Å². The van der Waals surface area contributed by atoms with Gasteiger partial charge in [0, 0.05) is 13.2 Å². The molecule has 1 aliphatic rings. The molecule has 0 amide bonds. The van der Waals surface area contributed by atoms with Crippen molar-refractivity contribution >= 4 is 0 Å². The van der Waals surface area contributed by atoms with Crippen molar-refractivity contribution in [2.24, 2.45) is 0 Å². The van der Waals surface area contributed by atoms with Gasteiger partial charge in [0.05, 0.1) is 6.61 Å². The number of hydrogen-bond donors (Lipinski definition) is 0. The van der Waals surface area contributed by atoms with Crippen LogP contribution in [0.25, 0.3) is 0 Å². The summed E-state index contributed by atoms with van der Waals surface area (Å²) in [5, 5.41) is 0. The molecule has 1 saturated heterocycles. The van der Waals surface area contributed by atoms with E-state index >= 15 is 0 Å². The van der Waals surface area contributed by atoms with Gasteiger partial charge in [0.15, 0.2) is 0 Å². The number of unbranched alkanes of at least 4 members (excludes halogenated alkanes) is 3. The van der Waals surface area contributed by atoms with Crippen molar-refractivity contribution in [1.82, 2.24) is 4.90 Å². The van der Waals surface area contributed by atoms with Crippen molar-refractivity contribution in [2.75, 3.05) is 32.8 Å². The van der Waals surface area contributed by atoms with Crippen LogP contribution >= 0.6 is 0 Å². The van der Waals surface area contributed by atoms with E-state index in [0.717, 1.165) is 19.8 Å². The van der Waals surface area contributed by atoms with Gasteiger partial charge < -0.3 is 9.64 Å². The minimum absolute atomic E-state index is 0.937. The van der Waals surface area contributed by atoms with E-state index in [9.17, 15) is 0 Å². The van der Waals surface area contributed by atoms with Crippen LogP contribution in [0.15, 0.2) is 0 Å². The summed E-state index contributed by atoms with van der Waals surface area (Å²) in [7, 11) is 0. The second-order valence-corrected chi connectivity index (χ2v) is 4.22. The van der Waals surface area contributed by atoms with Gasteiger partial charge in [-0.25, -0.2) is 0 Å². The fourth-order valence-electron chi connectivity index (χ4n) is 1.93. The molecule has 0 aliphatic carbocycles. The summed E-state index contributed by atoms with van der Waals surface area (Å²) in [5.74, 6) is 0. The van der Waals surface area contributed by atoms with Crippen molar-refractivity contribution in [3.63, 3.8) is 0 Å². The fourth-order valence-corrected chi connectivity index (χ4v) is 1.93. The molecule has 0 bridgehead atoms. The Bertz CT molecular complexity index is 121. The van der Waals surface area contributed by atoms with Crippen LogP contribution in [-0.2, 0) is 4.74 Å². The molecule has 0 aromatic carbocycles. The molecule has 0 unspecified atom stereocenters. The predicted molar refractivity (Wildman–Crippen MR) is 60.6 cm³/mol. The Kier molecular flexibility index (Phi) is 7.06. The van der Waals surface area contributed by atoms with Crippen LogP contribution in [-0.4, -0.2) is 37.7 Å². The first-order valence-corrected chi connectivity index (χ1v) is 6.23.